The zero-order valence-electron chi connectivity index (χ0n) is 22.6. The molecule has 1 aliphatic rings. The number of hydrogen-bond donors (Lipinski definition) is 2. The molecular weight excluding hydrogens is 542 g/mol. The van der Waals surface area contributed by atoms with Crippen LogP contribution in [0.1, 0.15) is 29.4 Å². The Labute approximate surface area is 239 Å². The van der Waals surface area contributed by atoms with E-state index in [-0.39, 0.29) is 29.5 Å². The molecule has 0 radical (unpaired) electrons. The maximum Gasteiger partial charge on any atom is 0.302 e. The standard InChI is InChI=1S/C28H29N9O3S/c1-35(2)11-4-8-22(38)36-12-3-6-18(15-36)37-26-23(25(29)30-16-31-26)24(34-37)27(39)33-28-32-19-14-17(9-10-20(19)40-28)21-7-5-13-41-21/h4-5,7-10,13-14,16,18H,3,6,11-12,15H2,1-2H3,(H2,29,30,31)(H,32,33,39). The van der Waals surface area contributed by atoms with Crippen LogP contribution in [0, 0.1) is 0 Å². The average molecular weight is 572 g/mol. The number of amides is 2. The lowest BCUT2D eigenvalue weighted by atomic mass is 10.1. The largest absolute Gasteiger partial charge is 0.423 e. The van der Waals surface area contributed by atoms with Gasteiger partial charge in [-0.15, -0.1) is 11.3 Å². The zero-order chi connectivity index (χ0) is 28.5. The van der Waals surface area contributed by atoms with Gasteiger partial charge < -0.3 is 20.0 Å². The van der Waals surface area contributed by atoms with E-state index < -0.39 is 5.91 Å². The number of carbonyl (C=O) groups excluding carboxylic acids is 2. The van der Waals surface area contributed by atoms with E-state index in [1.807, 2.05) is 60.8 Å². The van der Waals surface area contributed by atoms with Gasteiger partial charge in [-0.25, -0.2) is 14.6 Å². The van der Waals surface area contributed by atoms with Crippen molar-refractivity contribution in [3.63, 3.8) is 0 Å². The fourth-order valence-electron chi connectivity index (χ4n) is 4.97. The SMILES string of the molecule is CN(C)CC=CC(=O)N1CCCC(n2nc(C(=O)Nc3nc4cc(-c5cccs5)ccc4o3)c3c(N)ncnc32)C1. The maximum atomic E-state index is 13.5. The Bertz CT molecular complexity index is 1760. The van der Waals surface area contributed by atoms with E-state index in [9.17, 15) is 9.59 Å². The summed E-state index contributed by atoms with van der Waals surface area (Å²) in [6.07, 6.45) is 6.36. The number of aromatic nitrogens is 5. The van der Waals surface area contributed by atoms with Gasteiger partial charge in [-0.05, 0) is 62.1 Å². The number of oxazole rings is 1. The monoisotopic (exact) mass is 571 g/mol. The van der Waals surface area contributed by atoms with E-state index in [1.54, 1.807) is 27.0 Å². The first-order valence-corrected chi connectivity index (χ1v) is 14.1. The van der Waals surface area contributed by atoms with Crippen LogP contribution in [0.2, 0.25) is 0 Å². The summed E-state index contributed by atoms with van der Waals surface area (Å²) in [6.45, 7) is 1.76. The number of piperidine rings is 1. The number of nitrogens with one attached hydrogen (secondary N) is 1. The molecule has 1 fully saturated rings. The van der Waals surface area contributed by atoms with Crippen LogP contribution in [0.25, 0.3) is 32.6 Å². The number of nitrogen functional groups attached to an aromatic ring is 1. The van der Waals surface area contributed by atoms with Crippen molar-refractivity contribution in [1.29, 1.82) is 0 Å². The van der Waals surface area contributed by atoms with Crippen LogP contribution in [-0.2, 0) is 4.79 Å². The Morgan fingerprint density at radius 1 is 1.27 bits per heavy atom. The van der Waals surface area contributed by atoms with Crippen LogP contribution in [0.4, 0.5) is 11.8 Å². The van der Waals surface area contributed by atoms with E-state index in [1.165, 1.54) is 6.33 Å². The number of fused-ring (bicyclic) bond motifs is 2. The van der Waals surface area contributed by atoms with Gasteiger partial charge in [0.2, 0.25) is 5.91 Å². The van der Waals surface area contributed by atoms with Crippen LogP contribution in [0.15, 0.2) is 58.6 Å². The summed E-state index contributed by atoms with van der Waals surface area (Å²) >= 11 is 1.63. The number of nitrogens with two attached hydrogens (primary N) is 1. The molecule has 4 aromatic heterocycles. The smallest absolute Gasteiger partial charge is 0.302 e. The Balaban J connectivity index is 1.26. The van der Waals surface area contributed by atoms with Crippen molar-refractivity contribution in [1.82, 2.24) is 34.5 Å². The van der Waals surface area contributed by atoms with Crippen molar-refractivity contribution in [2.24, 2.45) is 0 Å². The second kappa shape index (κ2) is 11.1. The molecule has 1 aliphatic heterocycles. The summed E-state index contributed by atoms with van der Waals surface area (Å²) in [5, 5.41) is 9.72. The van der Waals surface area contributed by atoms with Gasteiger partial charge in [-0.3, -0.25) is 14.9 Å². The molecule has 2 amide bonds. The number of benzene rings is 1. The fourth-order valence-corrected chi connectivity index (χ4v) is 5.69. The van der Waals surface area contributed by atoms with Crippen molar-refractivity contribution in [3.05, 3.63) is 59.9 Å². The molecule has 0 bridgehead atoms. The minimum absolute atomic E-state index is 0.0467. The van der Waals surface area contributed by atoms with Crippen molar-refractivity contribution >= 4 is 57.1 Å². The Hall–Kier alpha value is -4.62. The molecule has 5 aromatic rings. The normalized spacial score (nSPS) is 15.9. The molecule has 41 heavy (non-hydrogen) atoms. The van der Waals surface area contributed by atoms with Gasteiger partial charge in [-0.1, -0.05) is 12.1 Å². The van der Waals surface area contributed by atoms with Crippen LogP contribution in [0.5, 0.6) is 0 Å². The quantitative estimate of drug-likeness (QED) is 0.278. The highest BCUT2D eigenvalue weighted by Crippen LogP contribution is 2.31. The third kappa shape index (κ3) is 5.41. The van der Waals surface area contributed by atoms with E-state index in [2.05, 4.69) is 25.4 Å². The van der Waals surface area contributed by atoms with E-state index in [4.69, 9.17) is 10.2 Å². The lowest BCUT2D eigenvalue weighted by Crippen LogP contribution is -2.40. The average Bonchev–Trinajstić information content (AvgIpc) is 3.71. The molecule has 0 spiro atoms. The molecule has 5 heterocycles. The first-order valence-electron chi connectivity index (χ1n) is 13.2. The summed E-state index contributed by atoms with van der Waals surface area (Å²) < 4.78 is 7.48. The minimum Gasteiger partial charge on any atom is -0.423 e. The highest BCUT2D eigenvalue weighted by molar-refractivity contribution is 7.13. The van der Waals surface area contributed by atoms with Crippen LogP contribution < -0.4 is 11.1 Å². The Morgan fingerprint density at radius 3 is 2.95 bits per heavy atom. The number of anilines is 2. The molecule has 210 valence electrons. The third-order valence-electron chi connectivity index (χ3n) is 6.93. The lowest BCUT2D eigenvalue weighted by Gasteiger charge is -2.32. The van der Waals surface area contributed by atoms with E-state index in [0.717, 1.165) is 23.3 Å². The van der Waals surface area contributed by atoms with Crippen LogP contribution in [0.3, 0.4) is 0 Å². The number of likely N-dealkylation sites (N-methyl/N-ethyl adjacent to an activating group) is 1. The van der Waals surface area contributed by atoms with Crippen molar-refractivity contribution in [3.8, 4) is 10.4 Å². The van der Waals surface area contributed by atoms with E-state index in [0.29, 0.717) is 41.8 Å². The highest BCUT2D eigenvalue weighted by Gasteiger charge is 2.30. The summed E-state index contributed by atoms with van der Waals surface area (Å²) in [5.41, 5.74) is 8.89. The van der Waals surface area contributed by atoms with Gasteiger partial charge in [0.1, 0.15) is 17.7 Å². The Kier molecular flexibility index (Phi) is 7.20. The molecular formula is C28H29N9O3S. The number of thiophene rings is 1. The predicted molar refractivity (Wildman–Crippen MR) is 158 cm³/mol. The number of likely N-dealkylation sites (tertiary alicyclic amines) is 1. The van der Waals surface area contributed by atoms with Gasteiger partial charge in [0.05, 0.1) is 11.4 Å². The summed E-state index contributed by atoms with van der Waals surface area (Å²) in [7, 11) is 3.89. The molecule has 1 atom stereocenters. The van der Waals surface area contributed by atoms with Gasteiger partial charge in [-0.2, -0.15) is 10.1 Å². The van der Waals surface area contributed by atoms with Gasteiger partial charge >= 0.3 is 6.01 Å². The zero-order valence-corrected chi connectivity index (χ0v) is 23.5. The summed E-state index contributed by atoms with van der Waals surface area (Å²) in [4.78, 5) is 44.1. The van der Waals surface area contributed by atoms with Gasteiger partial charge in [0, 0.05) is 30.6 Å². The number of hydrogen-bond acceptors (Lipinski definition) is 10. The molecule has 1 unspecified atom stereocenters. The topological polar surface area (TPSA) is 148 Å². The minimum atomic E-state index is -0.546. The molecule has 1 saturated heterocycles. The predicted octanol–water partition coefficient (Wildman–Crippen LogP) is 3.81. The number of nitrogens with zero attached hydrogens (tertiary/aromatic N) is 7. The van der Waals surface area contributed by atoms with Crippen molar-refractivity contribution in [2.75, 3.05) is 44.8 Å². The molecule has 0 aliphatic carbocycles. The first-order chi connectivity index (χ1) is 19.9. The molecule has 13 heteroatoms. The molecule has 3 N–H and O–H groups in total. The van der Waals surface area contributed by atoms with Crippen LogP contribution >= 0.6 is 11.3 Å². The fraction of sp³-hybridized carbons (Fsp3) is 0.286. The van der Waals surface area contributed by atoms with Gasteiger partial charge in [0.15, 0.2) is 16.9 Å². The lowest BCUT2D eigenvalue weighted by molar-refractivity contribution is -0.127. The third-order valence-corrected chi connectivity index (χ3v) is 7.85. The highest BCUT2D eigenvalue weighted by atomic mass is 32.1. The maximum absolute atomic E-state index is 13.5. The second-order valence-electron chi connectivity index (χ2n) is 10.1. The first kappa shape index (κ1) is 26.6. The van der Waals surface area contributed by atoms with Crippen molar-refractivity contribution < 1.29 is 14.0 Å². The Morgan fingerprint density at radius 2 is 2.15 bits per heavy atom. The second-order valence-corrected chi connectivity index (χ2v) is 11.1. The number of carbonyl (C=O) groups is 2. The van der Waals surface area contributed by atoms with Crippen LogP contribution in [-0.4, -0.2) is 80.1 Å². The summed E-state index contributed by atoms with van der Waals surface area (Å²) in [5.74, 6) is -0.464. The molecule has 6 rings (SSSR count). The molecule has 0 saturated carbocycles. The number of rotatable bonds is 7. The molecule has 12 nitrogen and oxygen atoms in total. The molecule has 1 aromatic carbocycles. The summed E-state index contributed by atoms with van der Waals surface area (Å²) in [6, 6.07) is 9.58. The van der Waals surface area contributed by atoms with Gasteiger partial charge in [0.25, 0.3) is 5.91 Å². The van der Waals surface area contributed by atoms with Crippen molar-refractivity contribution in [2.45, 2.75) is 18.9 Å². The van der Waals surface area contributed by atoms with E-state index >= 15 is 0 Å².